The lowest BCUT2D eigenvalue weighted by molar-refractivity contribution is 0.242. The summed E-state index contributed by atoms with van der Waals surface area (Å²) in [6.45, 7) is 2.33. The average Bonchev–Trinajstić information content (AvgIpc) is 2.96. The van der Waals surface area contributed by atoms with Gasteiger partial charge >= 0.3 is 0 Å². The minimum atomic E-state index is 0.317. The molecule has 1 aliphatic heterocycles. The van der Waals surface area contributed by atoms with Crippen LogP contribution in [0, 0.1) is 0 Å². The minimum absolute atomic E-state index is 0.317. The van der Waals surface area contributed by atoms with Crippen molar-refractivity contribution in [2.24, 2.45) is 0 Å². The molecule has 1 N–H and O–H groups in total. The van der Waals surface area contributed by atoms with E-state index >= 15 is 0 Å². The van der Waals surface area contributed by atoms with Gasteiger partial charge < -0.3 is 14.6 Å². The van der Waals surface area contributed by atoms with E-state index in [4.69, 9.17) is 9.26 Å². The molecular weight excluding hydrogens is 242 g/mol. The van der Waals surface area contributed by atoms with Gasteiger partial charge in [0.05, 0.1) is 0 Å². The molecule has 1 aromatic carbocycles. The zero-order valence-electron chi connectivity index (χ0n) is 10.7. The van der Waals surface area contributed by atoms with Gasteiger partial charge in [0.25, 0.3) is 5.89 Å². The van der Waals surface area contributed by atoms with E-state index in [0.29, 0.717) is 18.4 Å². The number of benzene rings is 1. The molecule has 0 radical (unpaired) electrons. The third kappa shape index (κ3) is 3.12. The fourth-order valence-electron chi connectivity index (χ4n) is 2.23. The molecule has 2 aromatic rings. The third-order valence-electron chi connectivity index (χ3n) is 3.25. The lowest BCUT2D eigenvalue weighted by Crippen LogP contribution is -2.28. The summed E-state index contributed by atoms with van der Waals surface area (Å²) in [4.78, 5) is 4.41. The maximum atomic E-state index is 5.58. The van der Waals surface area contributed by atoms with Crippen molar-refractivity contribution in [3.05, 3.63) is 42.0 Å². The Balaban J connectivity index is 1.58. The molecule has 1 atom stereocenters. The second-order valence-electron chi connectivity index (χ2n) is 4.69. The predicted molar refractivity (Wildman–Crippen MR) is 69.9 cm³/mol. The van der Waals surface area contributed by atoms with Crippen molar-refractivity contribution in [1.82, 2.24) is 15.5 Å². The van der Waals surface area contributed by atoms with Gasteiger partial charge in [-0.2, -0.15) is 4.98 Å². The van der Waals surface area contributed by atoms with E-state index in [-0.39, 0.29) is 0 Å². The molecule has 0 amide bonds. The van der Waals surface area contributed by atoms with Crippen LogP contribution in [-0.4, -0.2) is 23.2 Å². The first-order valence-corrected chi connectivity index (χ1v) is 6.63. The number of nitrogens with one attached hydrogen (secondary N) is 1. The molecule has 5 nitrogen and oxygen atoms in total. The van der Waals surface area contributed by atoms with Crippen LogP contribution in [-0.2, 0) is 6.61 Å². The van der Waals surface area contributed by atoms with Crippen LogP contribution in [0.2, 0.25) is 0 Å². The first-order valence-electron chi connectivity index (χ1n) is 6.63. The number of hydrogen-bond acceptors (Lipinski definition) is 5. The molecule has 0 unspecified atom stereocenters. The SMILES string of the molecule is c1ccc(OCc2nc([C@@H]3CCCNC3)no2)cc1. The molecule has 1 saturated heterocycles. The predicted octanol–water partition coefficient (Wildman–Crippen LogP) is 2.12. The van der Waals surface area contributed by atoms with Crippen LogP contribution in [0.4, 0.5) is 0 Å². The van der Waals surface area contributed by atoms with Gasteiger partial charge in [0.1, 0.15) is 5.75 Å². The van der Waals surface area contributed by atoms with Crippen LogP contribution in [0.25, 0.3) is 0 Å². The molecule has 100 valence electrons. The summed E-state index contributed by atoms with van der Waals surface area (Å²) in [7, 11) is 0. The summed E-state index contributed by atoms with van der Waals surface area (Å²) in [5.41, 5.74) is 0. The molecule has 0 aliphatic carbocycles. The fraction of sp³-hybridized carbons (Fsp3) is 0.429. The zero-order valence-corrected chi connectivity index (χ0v) is 10.7. The van der Waals surface area contributed by atoms with Crippen LogP contribution in [0.15, 0.2) is 34.9 Å². The Morgan fingerprint density at radius 3 is 3.00 bits per heavy atom. The Bertz CT molecular complexity index is 506. The van der Waals surface area contributed by atoms with Crippen molar-refractivity contribution in [3.8, 4) is 5.75 Å². The highest BCUT2D eigenvalue weighted by Crippen LogP contribution is 2.20. The standard InChI is InChI=1S/C14H17N3O2/c1-2-6-12(7-3-1)18-10-13-16-14(17-19-13)11-5-4-8-15-9-11/h1-3,6-7,11,15H,4-5,8-10H2/t11-/m1/s1. The minimum Gasteiger partial charge on any atom is -0.484 e. The van der Waals surface area contributed by atoms with Crippen LogP contribution in [0.5, 0.6) is 5.75 Å². The fourth-order valence-corrected chi connectivity index (χ4v) is 2.23. The molecule has 3 rings (SSSR count). The average molecular weight is 259 g/mol. The normalized spacial score (nSPS) is 19.3. The first kappa shape index (κ1) is 12.2. The monoisotopic (exact) mass is 259 g/mol. The molecule has 1 fully saturated rings. The number of hydrogen-bond donors (Lipinski definition) is 1. The molecular formula is C14H17N3O2. The van der Waals surface area contributed by atoms with Crippen molar-refractivity contribution >= 4 is 0 Å². The summed E-state index contributed by atoms with van der Waals surface area (Å²) in [6, 6.07) is 9.63. The van der Waals surface area contributed by atoms with Crippen molar-refractivity contribution in [1.29, 1.82) is 0 Å². The number of aromatic nitrogens is 2. The Kier molecular flexibility index (Phi) is 3.74. The number of rotatable bonds is 4. The summed E-state index contributed by atoms with van der Waals surface area (Å²) >= 11 is 0. The highest BCUT2D eigenvalue weighted by atomic mass is 16.5. The van der Waals surface area contributed by atoms with Crippen LogP contribution in [0.3, 0.4) is 0 Å². The molecule has 1 aliphatic rings. The quantitative estimate of drug-likeness (QED) is 0.911. The Labute approximate surface area is 112 Å². The Morgan fingerprint density at radius 2 is 2.21 bits per heavy atom. The van der Waals surface area contributed by atoms with Crippen LogP contribution < -0.4 is 10.1 Å². The molecule has 5 heteroatoms. The highest BCUT2D eigenvalue weighted by Gasteiger charge is 2.20. The van der Waals surface area contributed by atoms with Gasteiger partial charge in [-0.15, -0.1) is 0 Å². The van der Waals surface area contributed by atoms with E-state index in [1.54, 1.807) is 0 Å². The molecule has 0 saturated carbocycles. The zero-order chi connectivity index (χ0) is 12.9. The molecule has 0 bridgehead atoms. The van der Waals surface area contributed by atoms with Crippen molar-refractivity contribution in [3.63, 3.8) is 0 Å². The van der Waals surface area contributed by atoms with E-state index in [2.05, 4.69) is 15.5 Å². The van der Waals surface area contributed by atoms with Gasteiger partial charge in [-0.25, -0.2) is 0 Å². The summed E-state index contributed by atoms with van der Waals surface area (Å²) in [6.07, 6.45) is 2.28. The van der Waals surface area contributed by atoms with E-state index in [1.807, 2.05) is 30.3 Å². The van der Waals surface area contributed by atoms with E-state index in [0.717, 1.165) is 37.5 Å². The van der Waals surface area contributed by atoms with Gasteiger partial charge in [0.15, 0.2) is 12.4 Å². The van der Waals surface area contributed by atoms with E-state index in [9.17, 15) is 0 Å². The summed E-state index contributed by atoms with van der Waals surface area (Å²) < 4.78 is 10.8. The topological polar surface area (TPSA) is 60.2 Å². The first-order chi connectivity index (χ1) is 9.42. The Morgan fingerprint density at radius 1 is 1.32 bits per heavy atom. The second kappa shape index (κ2) is 5.84. The maximum absolute atomic E-state index is 5.58. The second-order valence-corrected chi connectivity index (χ2v) is 4.69. The van der Waals surface area contributed by atoms with E-state index < -0.39 is 0 Å². The molecule has 1 aromatic heterocycles. The number of ether oxygens (including phenoxy) is 1. The summed E-state index contributed by atoms with van der Waals surface area (Å²) in [5.74, 6) is 2.49. The lowest BCUT2D eigenvalue weighted by Gasteiger charge is -2.19. The number of piperidine rings is 1. The molecule has 0 spiro atoms. The number of nitrogens with zero attached hydrogens (tertiary/aromatic N) is 2. The van der Waals surface area contributed by atoms with Crippen molar-refractivity contribution in [2.75, 3.05) is 13.1 Å². The van der Waals surface area contributed by atoms with Crippen LogP contribution in [0.1, 0.15) is 30.5 Å². The highest BCUT2D eigenvalue weighted by molar-refractivity contribution is 5.20. The molecule has 2 heterocycles. The smallest absolute Gasteiger partial charge is 0.264 e. The maximum Gasteiger partial charge on any atom is 0.264 e. The van der Waals surface area contributed by atoms with Gasteiger partial charge in [-0.05, 0) is 31.5 Å². The lowest BCUT2D eigenvalue weighted by atomic mass is 9.99. The largest absolute Gasteiger partial charge is 0.484 e. The van der Waals surface area contributed by atoms with E-state index in [1.165, 1.54) is 0 Å². The van der Waals surface area contributed by atoms with Gasteiger partial charge in [0.2, 0.25) is 0 Å². The van der Waals surface area contributed by atoms with Gasteiger partial charge in [-0.3, -0.25) is 0 Å². The van der Waals surface area contributed by atoms with Crippen LogP contribution >= 0.6 is 0 Å². The van der Waals surface area contributed by atoms with Gasteiger partial charge in [0, 0.05) is 12.5 Å². The molecule has 19 heavy (non-hydrogen) atoms. The third-order valence-corrected chi connectivity index (χ3v) is 3.25. The number of para-hydroxylation sites is 1. The van der Waals surface area contributed by atoms with Gasteiger partial charge in [-0.1, -0.05) is 23.4 Å². The summed E-state index contributed by atoms with van der Waals surface area (Å²) in [5, 5.41) is 7.39. The van der Waals surface area contributed by atoms with Crippen molar-refractivity contribution in [2.45, 2.75) is 25.4 Å². The Hall–Kier alpha value is -1.88. The van der Waals surface area contributed by atoms with Crippen molar-refractivity contribution < 1.29 is 9.26 Å².